The number of carbonyl (C=O) groups is 2. The monoisotopic (exact) mass is 447 g/mol. The molecule has 2 atom stereocenters. The topological polar surface area (TPSA) is 125 Å². The van der Waals surface area contributed by atoms with Crippen molar-refractivity contribution in [3.8, 4) is 11.5 Å². The maximum Gasteiger partial charge on any atom is 0.242 e. The molecule has 0 fully saturated rings. The maximum atomic E-state index is 12.9. The fraction of sp³-hybridized carbons (Fsp3) is 0.231. The minimum atomic E-state index is -0.782. The number of hydrogen-bond donors (Lipinski definition) is 5. The number of nitrogens with two attached hydrogens (primary N) is 1. The van der Waals surface area contributed by atoms with Crippen molar-refractivity contribution in [2.45, 2.75) is 31.3 Å². The second kappa shape index (κ2) is 11.7. The molecule has 3 rings (SSSR count). The maximum absolute atomic E-state index is 12.9. The van der Waals surface area contributed by atoms with Gasteiger partial charge in [0, 0.05) is 13.0 Å². The summed E-state index contributed by atoms with van der Waals surface area (Å²) in [4.78, 5) is 25.7. The van der Waals surface area contributed by atoms with Crippen LogP contribution in [0.25, 0.3) is 0 Å². The van der Waals surface area contributed by atoms with Crippen LogP contribution in [0.2, 0.25) is 0 Å². The van der Waals surface area contributed by atoms with E-state index in [-0.39, 0.29) is 17.4 Å². The van der Waals surface area contributed by atoms with E-state index in [4.69, 9.17) is 5.73 Å². The molecular formula is C26H29N3O4. The Labute approximate surface area is 193 Å². The standard InChI is InChI=1S/C26H29N3O4/c27-21(15-18-7-3-1-4-8-18)25(32)29-22(16-19-9-5-2-6-10-19)26(33)28-14-13-20-11-12-23(30)24(31)17-20/h1-12,17,21-22,30-31H,13-16,27H2,(H,28,33)(H,29,32)/t21-,22-/m0/s1. The van der Waals surface area contributed by atoms with E-state index in [9.17, 15) is 19.8 Å². The average molecular weight is 448 g/mol. The van der Waals surface area contributed by atoms with Gasteiger partial charge in [0.25, 0.3) is 0 Å². The van der Waals surface area contributed by atoms with Crippen LogP contribution >= 0.6 is 0 Å². The number of nitrogens with one attached hydrogen (secondary N) is 2. The number of phenols is 2. The van der Waals surface area contributed by atoms with Gasteiger partial charge in [0.1, 0.15) is 6.04 Å². The van der Waals surface area contributed by atoms with Crippen LogP contribution in [0, 0.1) is 0 Å². The summed E-state index contributed by atoms with van der Waals surface area (Å²) in [7, 11) is 0. The van der Waals surface area contributed by atoms with E-state index < -0.39 is 18.0 Å². The summed E-state index contributed by atoms with van der Waals surface area (Å²) < 4.78 is 0. The Balaban J connectivity index is 1.61. The number of rotatable bonds is 10. The Morgan fingerprint density at radius 2 is 1.36 bits per heavy atom. The molecule has 0 aromatic heterocycles. The Morgan fingerprint density at radius 3 is 1.97 bits per heavy atom. The van der Waals surface area contributed by atoms with Gasteiger partial charge in [0.15, 0.2) is 11.5 Å². The summed E-state index contributed by atoms with van der Waals surface area (Å²) in [5, 5.41) is 24.7. The van der Waals surface area contributed by atoms with Gasteiger partial charge in [0.05, 0.1) is 6.04 Å². The molecule has 3 aromatic rings. The van der Waals surface area contributed by atoms with Crippen molar-refractivity contribution >= 4 is 11.8 Å². The summed E-state index contributed by atoms with van der Waals surface area (Å²) in [6, 6.07) is 21.9. The van der Waals surface area contributed by atoms with Crippen molar-refractivity contribution < 1.29 is 19.8 Å². The van der Waals surface area contributed by atoms with Gasteiger partial charge in [-0.25, -0.2) is 0 Å². The molecule has 0 heterocycles. The first-order valence-corrected chi connectivity index (χ1v) is 10.8. The number of aromatic hydroxyl groups is 2. The van der Waals surface area contributed by atoms with E-state index in [0.717, 1.165) is 16.7 Å². The van der Waals surface area contributed by atoms with E-state index in [1.807, 2.05) is 60.7 Å². The molecule has 0 bridgehead atoms. The molecular weight excluding hydrogens is 418 g/mol. The first-order chi connectivity index (χ1) is 15.9. The highest BCUT2D eigenvalue weighted by molar-refractivity contribution is 5.90. The van der Waals surface area contributed by atoms with Crippen molar-refractivity contribution in [1.82, 2.24) is 10.6 Å². The van der Waals surface area contributed by atoms with Gasteiger partial charge in [-0.1, -0.05) is 66.7 Å². The van der Waals surface area contributed by atoms with Gasteiger partial charge in [0.2, 0.25) is 11.8 Å². The van der Waals surface area contributed by atoms with Crippen LogP contribution in [0.1, 0.15) is 16.7 Å². The lowest BCUT2D eigenvalue weighted by atomic mass is 10.0. The highest BCUT2D eigenvalue weighted by Crippen LogP contribution is 2.24. The van der Waals surface area contributed by atoms with Crippen molar-refractivity contribution in [3.05, 3.63) is 95.6 Å². The number of carbonyl (C=O) groups excluding carboxylic acids is 2. The average Bonchev–Trinajstić information content (AvgIpc) is 2.82. The Kier molecular flexibility index (Phi) is 8.43. The molecule has 7 nitrogen and oxygen atoms in total. The Morgan fingerprint density at radius 1 is 0.758 bits per heavy atom. The molecule has 2 amide bonds. The van der Waals surface area contributed by atoms with Crippen molar-refractivity contribution in [2.75, 3.05) is 6.54 Å². The molecule has 0 aliphatic heterocycles. The van der Waals surface area contributed by atoms with Gasteiger partial charge in [-0.15, -0.1) is 0 Å². The molecule has 0 spiro atoms. The van der Waals surface area contributed by atoms with Gasteiger partial charge in [-0.05, 0) is 41.7 Å². The molecule has 0 radical (unpaired) electrons. The normalized spacial score (nSPS) is 12.5. The summed E-state index contributed by atoms with van der Waals surface area (Å²) >= 11 is 0. The second-order valence-electron chi connectivity index (χ2n) is 7.91. The predicted octanol–water partition coefficient (Wildman–Crippen LogP) is 2.05. The molecule has 0 aliphatic carbocycles. The Hall–Kier alpha value is -3.84. The quantitative estimate of drug-likeness (QED) is 0.304. The zero-order valence-electron chi connectivity index (χ0n) is 18.3. The lowest BCUT2D eigenvalue weighted by Crippen LogP contribution is -2.53. The largest absolute Gasteiger partial charge is 0.504 e. The third kappa shape index (κ3) is 7.36. The highest BCUT2D eigenvalue weighted by atomic mass is 16.3. The summed E-state index contributed by atoms with van der Waals surface area (Å²) in [6.07, 6.45) is 1.16. The Bertz CT molecular complexity index is 1060. The molecule has 3 aromatic carbocycles. The first-order valence-electron chi connectivity index (χ1n) is 10.8. The van der Waals surface area contributed by atoms with Crippen molar-refractivity contribution in [1.29, 1.82) is 0 Å². The predicted molar refractivity (Wildman–Crippen MR) is 127 cm³/mol. The van der Waals surface area contributed by atoms with E-state index in [0.29, 0.717) is 25.8 Å². The van der Waals surface area contributed by atoms with Gasteiger partial charge in [-0.3, -0.25) is 9.59 Å². The fourth-order valence-electron chi connectivity index (χ4n) is 3.48. The smallest absolute Gasteiger partial charge is 0.242 e. The fourth-order valence-corrected chi connectivity index (χ4v) is 3.48. The van der Waals surface area contributed by atoms with E-state index in [1.54, 1.807) is 6.07 Å². The minimum Gasteiger partial charge on any atom is -0.504 e. The molecule has 0 saturated carbocycles. The highest BCUT2D eigenvalue weighted by Gasteiger charge is 2.24. The molecule has 172 valence electrons. The van der Waals surface area contributed by atoms with Crippen molar-refractivity contribution in [3.63, 3.8) is 0 Å². The number of hydrogen-bond acceptors (Lipinski definition) is 5. The number of phenolic OH excluding ortho intramolecular Hbond substituents is 2. The van der Waals surface area contributed by atoms with Crippen LogP contribution in [0.15, 0.2) is 78.9 Å². The molecule has 7 heteroatoms. The van der Waals surface area contributed by atoms with Gasteiger partial charge in [-0.2, -0.15) is 0 Å². The van der Waals surface area contributed by atoms with E-state index in [1.165, 1.54) is 12.1 Å². The first kappa shape index (κ1) is 23.8. The van der Waals surface area contributed by atoms with Crippen LogP contribution in [0.5, 0.6) is 11.5 Å². The van der Waals surface area contributed by atoms with Crippen LogP contribution in [0.3, 0.4) is 0 Å². The van der Waals surface area contributed by atoms with E-state index >= 15 is 0 Å². The lowest BCUT2D eigenvalue weighted by Gasteiger charge is -2.21. The molecule has 33 heavy (non-hydrogen) atoms. The zero-order valence-corrected chi connectivity index (χ0v) is 18.3. The number of amides is 2. The molecule has 0 unspecified atom stereocenters. The molecule has 0 saturated heterocycles. The van der Waals surface area contributed by atoms with Crippen LogP contribution < -0.4 is 16.4 Å². The molecule has 6 N–H and O–H groups in total. The molecule has 0 aliphatic rings. The zero-order chi connectivity index (χ0) is 23.6. The summed E-state index contributed by atoms with van der Waals surface area (Å²) in [5.41, 5.74) is 8.73. The number of benzene rings is 3. The third-order valence-corrected chi connectivity index (χ3v) is 5.30. The second-order valence-corrected chi connectivity index (χ2v) is 7.91. The third-order valence-electron chi connectivity index (χ3n) is 5.30. The van der Waals surface area contributed by atoms with E-state index in [2.05, 4.69) is 10.6 Å². The summed E-state index contributed by atoms with van der Waals surface area (Å²) in [5.74, 6) is -1.11. The van der Waals surface area contributed by atoms with Gasteiger partial charge >= 0.3 is 0 Å². The lowest BCUT2D eigenvalue weighted by molar-refractivity contribution is -0.129. The van der Waals surface area contributed by atoms with Crippen LogP contribution in [-0.2, 0) is 28.9 Å². The van der Waals surface area contributed by atoms with Crippen LogP contribution in [-0.4, -0.2) is 40.7 Å². The summed E-state index contributed by atoms with van der Waals surface area (Å²) in [6.45, 7) is 0.306. The van der Waals surface area contributed by atoms with Crippen LogP contribution in [0.4, 0.5) is 0 Å². The van der Waals surface area contributed by atoms with Gasteiger partial charge < -0.3 is 26.6 Å². The van der Waals surface area contributed by atoms with Crippen molar-refractivity contribution in [2.24, 2.45) is 5.73 Å². The minimum absolute atomic E-state index is 0.194. The SMILES string of the molecule is N[C@@H](Cc1ccccc1)C(=O)N[C@@H](Cc1ccccc1)C(=O)NCCc1ccc(O)c(O)c1.